The highest BCUT2D eigenvalue weighted by Gasteiger charge is 2.20. The summed E-state index contributed by atoms with van der Waals surface area (Å²) in [5.74, 6) is 6.74. The second-order valence-electron chi connectivity index (χ2n) is 5.40. The molecule has 7 nitrogen and oxygen atoms in total. The first-order valence-electron chi connectivity index (χ1n) is 7.80. The largest absolute Gasteiger partial charge is 0.339 e. The van der Waals surface area contributed by atoms with Gasteiger partial charge in [0.2, 0.25) is 17.8 Å². The van der Waals surface area contributed by atoms with Crippen molar-refractivity contribution in [2.75, 3.05) is 59.0 Å². The molecule has 2 saturated heterocycles. The summed E-state index contributed by atoms with van der Waals surface area (Å²) in [4.78, 5) is 22.8. The molecule has 0 unspecified atom stereocenters. The molecule has 0 atom stereocenters. The van der Waals surface area contributed by atoms with Crippen LogP contribution in [0.4, 0.5) is 11.9 Å². The van der Waals surface area contributed by atoms with E-state index in [1.165, 1.54) is 0 Å². The molecule has 0 saturated carbocycles. The van der Waals surface area contributed by atoms with E-state index >= 15 is 0 Å². The second-order valence-corrected chi connectivity index (χ2v) is 7.85. The Balaban J connectivity index is 1.70. The Morgan fingerprint density at radius 1 is 0.739 bits per heavy atom. The molecular weight excluding hydrogens is 330 g/mol. The van der Waals surface area contributed by atoms with Gasteiger partial charge in [-0.25, -0.2) is 4.98 Å². The van der Waals surface area contributed by atoms with E-state index in [-0.39, 0.29) is 0 Å². The van der Waals surface area contributed by atoms with E-state index in [1.54, 1.807) is 12.5 Å². The van der Waals surface area contributed by atoms with Crippen molar-refractivity contribution in [3.63, 3.8) is 0 Å². The fraction of sp³-hybridized carbons (Fsp3) is 0.571. The molecule has 0 aromatic carbocycles. The maximum absolute atomic E-state index is 4.77. The normalized spacial score (nSPS) is 19.1. The highest BCUT2D eigenvalue weighted by Crippen LogP contribution is 2.21. The van der Waals surface area contributed by atoms with Crippen LogP contribution in [0.25, 0.3) is 5.95 Å². The zero-order valence-electron chi connectivity index (χ0n) is 12.8. The molecule has 0 aliphatic carbocycles. The van der Waals surface area contributed by atoms with Crippen LogP contribution >= 0.6 is 23.5 Å². The van der Waals surface area contributed by atoms with E-state index < -0.39 is 0 Å². The topological polar surface area (TPSA) is 63.0 Å². The molecule has 4 heterocycles. The fourth-order valence-corrected chi connectivity index (χ4v) is 4.45. The van der Waals surface area contributed by atoms with Gasteiger partial charge in [0.15, 0.2) is 0 Å². The van der Waals surface area contributed by atoms with E-state index in [9.17, 15) is 0 Å². The number of rotatable bonds is 3. The molecule has 2 aliphatic rings. The van der Waals surface area contributed by atoms with Crippen LogP contribution in [0.15, 0.2) is 18.7 Å². The predicted octanol–water partition coefficient (Wildman–Crippen LogP) is 1.16. The summed E-state index contributed by atoms with van der Waals surface area (Å²) in [7, 11) is 0. The van der Waals surface area contributed by atoms with Gasteiger partial charge >= 0.3 is 0 Å². The second kappa shape index (κ2) is 6.96. The quantitative estimate of drug-likeness (QED) is 0.818. The number of imidazole rings is 1. The van der Waals surface area contributed by atoms with Crippen molar-refractivity contribution in [3.05, 3.63) is 18.7 Å². The monoisotopic (exact) mass is 349 g/mol. The molecule has 0 bridgehead atoms. The minimum absolute atomic E-state index is 0.652. The summed E-state index contributed by atoms with van der Waals surface area (Å²) in [6.07, 6.45) is 5.36. The van der Waals surface area contributed by atoms with E-state index in [4.69, 9.17) is 4.98 Å². The van der Waals surface area contributed by atoms with Crippen LogP contribution in [0.2, 0.25) is 0 Å². The van der Waals surface area contributed by atoms with Crippen molar-refractivity contribution in [1.82, 2.24) is 24.5 Å². The van der Waals surface area contributed by atoms with Crippen LogP contribution in [-0.2, 0) is 0 Å². The Hall–Kier alpha value is -1.48. The molecule has 0 spiro atoms. The average molecular weight is 349 g/mol. The van der Waals surface area contributed by atoms with Crippen LogP contribution in [0.1, 0.15) is 0 Å². The maximum Gasteiger partial charge on any atom is 0.241 e. The number of anilines is 2. The van der Waals surface area contributed by atoms with E-state index in [2.05, 4.69) is 24.8 Å². The van der Waals surface area contributed by atoms with Gasteiger partial charge in [0, 0.05) is 61.6 Å². The van der Waals surface area contributed by atoms with Crippen molar-refractivity contribution in [3.8, 4) is 5.95 Å². The van der Waals surface area contributed by atoms with E-state index in [0.717, 1.165) is 61.1 Å². The smallest absolute Gasteiger partial charge is 0.241 e. The molecule has 2 aromatic heterocycles. The maximum atomic E-state index is 4.77. The third kappa shape index (κ3) is 3.40. The lowest BCUT2D eigenvalue weighted by molar-refractivity contribution is 0.756. The molecule has 9 heteroatoms. The van der Waals surface area contributed by atoms with Gasteiger partial charge in [-0.3, -0.25) is 4.57 Å². The lowest BCUT2D eigenvalue weighted by Crippen LogP contribution is -2.37. The fourth-order valence-electron chi connectivity index (χ4n) is 2.65. The summed E-state index contributed by atoms with van der Waals surface area (Å²) in [5, 5.41) is 0. The Morgan fingerprint density at radius 2 is 1.26 bits per heavy atom. The Kier molecular flexibility index (Phi) is 4.56. The first-order chi connectivity index (χ1) is 11.4. The van der Waals surface area contributed by atoms with Gasteiger partial charge < -0.3 is 9.80 Å². The molecule has 0 radical (unpaired) electrons. The summed E-state index contributed by atoms with van der Waals surface area (Å²) < 4.78 is 1.85. The highest BCUT2D eigenvalue weighted by molar-refractivity contribution is 7.99. The van der Waals surface area contributed by atoms with Crippen molar-refractivity contribution < 1.29 is 0 Å². The standard InChI is InChI=1S/C14H19N7S2/c1-2-21(11-15-1)14-17-12(19-3-7-22-8-4-19)16-13(18-14)20-5-9-23-10-6-20/h1-2,11H,3-10H2. The Morgan fingerprint density at radius 3 is 1.74 bits per heavy atom. The lowest BCUT2D eigenvalue weighted by atomic mass is 10.5. The third-order valence-electron chi connectivity index (χ3n) is 3.92. The van der Waals surface area contributed by atoms with Crippen molar-refractivity contribution in [2.45, 2.75) is 0 Å². The van der Waals surface area contributed by atoms with Gasteiger partial charge in [-0.15, -0.1) is 0 Å². The van der Waals surface area contributed by atoms with Crippen molar-refractivity contribution in [2.24, 2.45) is 0 Å². The molecule has 122 valence electrons. The predicted molar refractivity (Wildman–Crippen MR) is 96.0 cm³/mol. The first-order valence-corrected chi connectivity index (χ1v) is 10.1. The van der Waals surface area contributed by atoms with Gasteiger partial charge in [-0.05, 0) is 0 Å². The van der Waals surface area contributed by atoms with Crippen molar-refractivity contribution in [1.29, 1.82) is 0 Å². The van der Waals surface area contributed by atoms with Gasteiger partial charge in [0.25, 0.3) is 0 Å². The van der Waals surface area contributed by atoms with Crippen LogP contribution < -0.4 is 9.80 Å². The summed E-state index contributed by atoms with van der Waals surface area (Å²) >= 11 is 3.97. The number of hydrogen-bond acceptors (Lipinski definition) is 8. The molecular formula is C14H19N7S2. The Labute approximate surface area is 143 Å². The molecule has 0 N–H and O–H groups in total. The number of hydrogen-bond donors (Lipinski definition) is 0. The van der Waals surface area contributed by atoms with Crippen LogP contribution in [0, 0.1) is 0 Å². The van der Waals surface area contributed by atoms with Gasteiger partial charge in [-0.2, -0.15) is 38.5 Å². The number of nitrogens with zero attached hydrogens (tertiary/aromatic N) is 7. The van der Waals surface area contributed by atoms with Crippen LogP contribution in [0.3, 0.4) is 0 Å². The van der Waals surface area contributed by atoms with E-state index in [0.29, 0.717) is 5.95 Å². The van der Waals surface area contributed by atoms with Gasteiger partial charge in [0.1, 0.15) is 6.33 Å². The van der Waals surface area contributed by atoms with Crippen LogP contribution in [0.5, 0.6) is 0 Å². The molecule has 2 aliphatic heterocycles. The molecule has 0 amide bonds. The van der Waals surface area contributed by atoms with Gasteiger partial charge in [0.05, 0.1) is 0 Å². The SMILES string of the molecule is c1cn(-c2nc(N3CCSCC3)nc(N3CCSCC3)n2)cn1. The highest BCUT2D eigenvalue weighted by atomic mass is 32.2. The van der Waals surface area contributed by atoms with Gasteiger partial charge in [-0.1, -0.05) is 0 Å². The molecule has 2 aromatic rings. The lowest BCUT2D eigenvalue weighted by Gasteiger charge is -2.29. The number of aromatic nitrogens is 5. The molecule has 2 fully saturated rings. The third-order valence-corrected chi connectivity index (χ3v) is 5.81. The zero-order chi connectivity index (χ0) is 15.5. The zero-order valence-corrected chi connectivity index (χ0v) is 14.5. The Bertz CT molecular complexity index is 600. The molecule has 23 heavy (non-hydrogen) atoms. The first kappa shape index (κ1) is 15.1. The molecule has 4 rings (SSSR count). The minimum atomic E-state index is 0.652. The van der Waals surface area contributed by atoms with Crippen molar-refractivity contribution >= 4 is 35.4 Å². The van der Waals surface area contributed by atoms with E-state index in [1.807, 2.05) is 34.3 Å². The minimum Gasteiger partial charge on any atom is -0.339 e. The summed E-state index contributed by atoms with van der Waals surface area (Å²) in [5.41, 5.74) is 0. The number of thioether (sulfide) groups is 2. The van der Waals surface area contributed by atoms with Crippen LogP contribution in [-0.4, -0.2) is 73.7 Å². The average Bonchev–Trinajstić information content (AvgIpc) is 3.18. The summed E-state index contributed by atoms with van der Waals surface area (Å²) in [6.45, 7) is 3.97. The summed E-state index contributed by atoms with van der Waals surface area (Å²) in [6, 6.07) is 0.